The fraction of sp³-hybridized carbons (Fsp3) is 0.235. The summed E-state index contributed by atoms with van der Waals surface area (Å²) in [4.78, 5) is 37.3. The number of fused-ring (bicyclic) bond motifs is 1. The lowest BCUT2D eigenvalue weighted by Crippen LogP contribution is -2.21. The summed E-state index contributed by atoms with van der Waals surface area (Å²) in [5.41, 5.74) is 0.795. The monoisotopic (exact) mass is 324 g/mol. The number of rotatable bonds is 4. The summed E-state index contributed by atoms with van der Waals surface area (Å²) in [7, 11) is 0. The lowest BCUT2D eigenvalue weighted by molar-refractivity contribution is 0.0524. The van der Waals surface area contributed by atoms with Crippen molar-refractivity contribution >= 4 is 17.0 Å². The van der Waals surface area contributed by atoms with E-state index in [1.54, 1.807) is 30.0 Å². The number of ether oxygens (including phenoxy) is 1. The number of hydrogen-bond acceptors (Lipinski definition) is 6. The molecule has 3 aromatic rings. The van der Waals surface area contributed by atoms with Crippen LogP contribution in [0, 0.1) is 0 Å². The van der Waals surface area contributed by atoms with Crippen molar-refractivity contribution in [1.29, 1.82) is 0 Å². The molecule has 122 valence electrons. The molecule has 3 heterocycles. The lowest BCUT2D eigenvalue weighted by atomic mass is 10.2. The number of hydrogen-bond donors (Lipinski definition) is 0. The molecule has 0 unspecified atom stereocenters. The molecule has 0 saturated heterocycles. The number of nitrogens with zero attached hydrogens (tertiary/aromatic N) is 4. The van der Waals surface area contributed by atoms with Gasteiger partial charge in [0.2, 0.25) is 5.43 Å². The Morgan fingerprint density at radius 3 is 2.79 bits per heavy atom. The van der Waals surface area contributed by atoms with Crippen LogP contribution in [0.4, 0.5) is 0 Å². The first-order chi connectivity index (χ1) is 11.7. The Labute approximate surface area is 138 Å². The maximum Gasteiger partial charge on any atom is 0.343 e. The Balaban J connectivity index is 2.22. The average molecular weight is 324 g/mol. The van der Waals surface area contributed by atoms with Gasteiger partial charge in [-0.1, -0.05) is 0 Å². The van der Waals surface area contributed by atoms with Crippen LogP contribution in [0.15, 0.2) is 41.7 Å². The number of esters is 1. The minimum absolute atomic E-state index is 0.0103. The Hall–Kier alpha value is -3.09. The van der Waals surface area contributed by atoms with Crippen LogP contribution in [0.3, 0.4) is 0 Å². The van der Waals surface area contributed by atoms with Gasteiger partial charge in [0, 0.05) is 36.9 Å². The van der Waals surface area contributed by atoms with E-state index in [9.17, 15) is 9.59 Å². The van der Waals surface area contributed by atoms with E-state index in [0.29, 0.717) is 18.0 Å². The molecule has 0 saturated carbocycles. The van der Waals surface area contributed by atoms with E-state index < -0.39 is 11.4 Å². The van der Waals surface area contributed by atoms with E-state index >= 15 is 0 Å². The molecule has 3 aromatic heterocycles. The largest absolute Gasteiger partial charge is 0.462 e. The molecule has 0 aliphatic rings. The van der Waals surface area contributed by atoms with Crippen LogP contribution in [0.5, 0.6) is 0 Å². The molecule has 3 rings (SSSR count). The number of pyridine rings is 2. The number of carbonyl (C=O) groups excluding carboxylic acids is 1. The zero-order chi connectivity index (χ0) is 17.1. The van der Waals surface area contributed by atoms with Gasteiger partial charge in [0.1, 0.15) is 11.2 Å². The van der Waals surface area contributed by atoms with E-state index in [2.05, 4.69) is 15.0 Å². The van der Waals surface area contributed by atoms with Crippen LogP contribution in [0.2, 0.25) is 0 Å². The molecule has 0 atom stereocenters. The second kappa shape index (κ2) is 6.57. The quantitative estimate of drug-likeness (QED) is 0.683. The van der Waals surface area contributed by atoms with Crippen LogP contribution in [0.25, 0.3) is 22.4 Å². The van der Waals surface area contributed by atoms with Crippen molar-refractivity contribution in [3.63, 3.8) is 0 Å². The molecule has 0 aliphatic carbocycles. The normalized spacial score (nSPS) is 10.8. The summed E-state index contributed by atoms with van der Waals surface area (Å²) in [6, 6.07) is 3.63. The third-order valence-corrected chi connectivity index (χ3v) is 3.57. The third kappa shape index (κ3) is 2.76. The van der Waals surface area contributed by atoms with Crippen molar-refractivity contribution in [3.8, 4) is 11.4 Å². The van der Waals surface area contributed by atoms with Crippen molar-refractivity contribution < 1.29 is 9.53 Å². The highest BCUT2D eigenvalue weighted by atomic mass is 16.5. The molecule has 0 radical (unpaired) electrons. The minimum atomic E-state index is -0.636. The van der Waals surface area contributed by atoms with E-state index in [1.807, 2.05) is 13.0 Å². The molecule has 0 N–H and O–H groups in total. The number of aryl methyl sites for hydroxylation is 1. The fourth-order valence-electron chi connectivity index (χ4n) is 2.40. The van der Waals surface area contributed by atoms with Gasteiger partial charge in [-0.05, 0) is 26.0 Å². The van der Waals surface area contributed by atoms with Gasteiger partial charge in [0.05, 0.1) is 12.0 Å². The van der Waals surface area contributed by atoms with Gasteiger partial charge in [0.15, 0.2) is 5.82 Å². The maximum absolute atomic E-state index is 12.6. The first-order valence-corrected chi connectivity index (χ1v) is 7.63. The van der Waals surface area contributed by atoms with Gasteiger partial charge >= 0.3 is 5.97 Å². The Morgan fingerprint density at radius 1 is 1.29 bits per heavy atom. The van der Waals surface area contributed by atoms with Gasteiger partial charge in [-0.3, -0.25) is 9.78 Å². The molecule has 0 fully saturated rings. The molecule has 0 bridgehead atoms. The van der Waals surface area contributed by atoms with E-state index in [4.69, 9.17) is 4.74 Å². The van der Waals surface area contributed by atoms with Crippen molar-refractivity contribution in [2.75, 3.05) is 6.61 Å². The minimum Gasteiger partial charge on any atom is -0.462 e. The van der Waals surface area contributed by atoms with Gasteiger partial charge in [-0.2, -0.15) is 0 Å². The molecule has 0 amide bonds. The second-order valence-corrected chi connectivity index (χ2v) is 5.05. The van der Waals surface area contributed by atoms with Gasteiger partial charge in [-0.25, -0.2) is 14.8 Å². The predicted molar refractivity (Wildman–Crippen MR) is 88.7 cm³/mol. The third-order valence-electron chi connectivity index (χ3n) is 3.57. The summed E-state index contributed by atoms with van der Waals surface area (Å²) >= 11 is 0. The highest BCUT2D eigenvalue weighted by Crippen LogP contribution is 2.16. The molecule has 0 aromatic carbocycles. The van der Waals surface area contributed by atoms with Crippen LogP contribution in [-0.4, -0.2) is 32.1 Å². The standard InChI is InChI=1S/C17H16N4O3/c1-3-21-10-13(17(23)24-4-2)14(22)12-9-19-15(20-16(12)21)11-6-5-7-18-8-11/h5-10H,3-4H2,1-2H3. The second-order valence-electron chi connectivity index (χ2n) is 5.05. The SMILES string of the molecule is CCOC(=O)c1cn(CC)c2nc(-c3cccnc3)ncc2c1=O. The molecule has 7 nitrogen and oxygen atoms in total. The lowest BCUT2D eigenvalue weighted by Gasteiger charge is -2.11. The highest BCUT2D eigenvalue weighted by Gasteiger charge is 2.17. The van der Waals surface area contributed by atoms with Crippen LogP contribution in [-0.2, 0) is 11.3 Å². The molecule has 7 heteroatoms. The smallest absolute Gasteiger partial charge is 0.343 e. The summed E-state index contributed by atoms with van der Waals surface area (Å²) < 4.78 is 6.69. The maximum atomic E-state index is 12.6. The predicted octanol–water partition coefficient (Wildman–Crippen LogP) is 2.05. The van der Waals surface area contributed by atoms with Crippen molar-refractivity contribution in [2.24, 2.45) is 0 Å². The summed E-state index contributed by atoms with van der Waals surface area (Å²) in [5.74, 6) is -0.163. The van der Waals surface area contributed by atoms with Crippen molar-refractivity contribution in [2.45, 2.75) is 20.4 Å². The molecule has 0 aliphatic heterocycles. The highest BCUT2D eigenvalue weighted by molar-refractivity contribution is 5.93. The molecule has 24 heavy (non-hydrogen) atoms. The zero-order valence-electron chi connectivity index (χ0n) is 13.4. The summed E-state index contributed by atoms with van der Waals surface area (Å²) in [6.45, 7) is 4.36. The summed E-state index contributed by atoms with van der Waals surface area (Å²) in [6.07, 6.45) is 6.26. The van der Waals surface area contributed by atoms with Gasteiger partial charge in [-0.15, -0.1) is 0 Å². The van der Waals surface area contributed by atoms with Crippen molar-refractivity contribution in [3.05, 3.63) is 52.7 Å². The first kappa shape index (κ1) is 15.8. The van der Waals surface area contributed by atoms with Crippen molar-refractivity contribution in [1.82, 2.24) is 19.5 Å². The topological polar surface area (TPSA) is 87.0 Å². The van der Waals surface area contributed by atoms with E-state index in [-0.39, 0.29) is 17.6 Å². The zero-order valence-corrected chi connectivity index (χ0v) is 13.4. The Bertz CT molecular complexity index is 951. The molecule has 0 spiro atoms. The summed E-state index contributed by atoms with van der Waals surface area (Å²) in [5, 5.41) is 0.287. The Morgan fingerprint density at radius 2 is 2.12 bits per heavy atom. The van der Waals surface area contributed by atoms with Crippen LogP contribution < -0.4 is 5.43 Å². The first-order valence-electron chi connectivity index (χ1n) is 7.63. The molecular formula is C17H16N4O3. The Kier molecular flexibility index (Phi) is 4.33. The van der Waals surface area contributed by atoms with E-state index in [0.717, 1.165) is 5.56 Å². The van der Waals surface area contributed by atoms with Crippen LogP contribution in [0.1, 0.15) is 24.2 Å². The fourth-order valence-corrected chi connectivity index (χ4v) is 2.40. The van der Waals surface area contributed by atoms with E-state index in [1.165, 1.54) is 12.4 Å². The number of carbonyl (C=O) groups is 1. The van der Waals surface area contributed by atoms with Crippen LogP contribution >= 0.6 is 0 Å². The number of aromatic nitrogens is 4. The van der Waals surface area contributed by atoms with Gasteiger partial charge < -0.3 is 9.30 Å². The van der Waals surface area contributed by atoms with Gasteiger partial charge in [0.25, 0.3) is 0 Å². The molecular weight excluding hydrogens is 308 g/mol. The average Bonchev–Trinajstić information content (AvgIpc) is 2.62.